The van der Waals surface area contributed by atoms with Crippen LogP contribution >= 0.6 is 15.9 Å². The third-order valence-electron chi connectivity index (χ3n) is 1.40. The van der Waals surface area contributed by atoms with Gasteiger partial charge >= 0.3 is 0 Å². The van der Waals surface area contributed by atoms with E-state index in [0.717, 1.165) is 0 Å². The summed E-state index contributed by atoms with van der Waals surface area (Å²) in [5, 5.41) is 18.3. The first-order valence-corrected chi connectivity index (χ1v) is 4.38. The van der Waals surface area contributed by atoms with Crippen LogP contribution in [0.25, 0.3) is 0 Å². The molecule has 1 aromatic rings. The van der Waals surface area contributed by atoms with Gasteiger partial charge in [-0.1, -0.05) is 15.9 Å². The summed E-state index contributed by atoms with van der Waals surface area (Å²) in [7, 11) is 0. The maximum absolute atomic E-state index is 11.1. The molecule has 0 saturated carbocycles. The van der Waals surface area contributed by atoms with Crippen LogP contribution in [0.2, 0.25) is 0 Å². The van der Waals surface area contributed by atoms with Crippen molar-refractivity contribution in [2.24, 2.45) is 0 Å². The number of halogens is 1. The Labute approximate surface area is 77.8 Å². The van der Waals surface area contributed by atoms with Crippen LogP contribution in [0.4, 0.5) is 0 Å². The monoisotopic (exact) mass is 230 g/mol. The van der Waals surface area contributed by atoms with Gasteiger partial charge in [0.25, 0.3) is 0 Å². The molecule has 0 aliphatic heterocycles. The molecular weight excluding hydrogens is 224 g/mol. The van der Waals surface area contributed by atoms with E-state index in [2.05, 4.69) is 15.9 Å². The summed E-state index contributed by atoms with van der Waals surface area (Å²) in [5.74, 6) is -0.405. The Morgan fingerprint density at radius 1 is 1.42 bits per heavy atom. The number of phenols is 2. The van der Waals surface area contributed by atoms with E-state index in [9.17, 15) is 9.90 Å². The van der Waals surface area contributed by atoms with E-state index < -0.39 is 0 Å². The van der Waals surface area contributed by atoms with Crippen molar-refractivity contribution in [3.05, 3.63) is 23.8 Å². The molecular formula is C8H7BrO3. The predicted octanol–water partition coefficient (Wildman–Crippen LogP) is 1.68. The molecule has 0 saturated heterocycles. The Morgan fingerprint density at radius 3 is 2.67 bits per heavy atom. The number of carbonyl (C=O) groups excluding carboxylic acids is 1. The fraction of sp³-hybridized carbons (Fsp3) is 0.125. The molecule has 0 spiro atoms. The lowest BCUT2D eigenvalue weighted by Gasteiger charge is -2.00. The van der Waals surface area contributed by atoms with E-state index in [-0.39, 0.29) is 28.2 Å². The number of hydrogen-bond donors (Lipinski definition) is 2. The summed E-state index contributed by atoms with van der Waals surface area (Å²) in [6.45, 7) is 0. The standard InChI is InChI=1S/C8H7BrO3/c9-4-8(12)6-3-5(10)1-2-7(6)11/h1-3,10-11H,4H2. The van der Waals surface area contributed by atoms with Gasteiger partial charge in [0, 0.05) is 0 Å². The molecule has 4 heteroatoms. The number of carbonyl (C=O) groups is 1. The minimum Gasteiger partial charge on any atom is -0.508 e. The molecule has 0 atom stereocenters. The van der Waals surface area contributed by atoms with Crippen molar-refractivity contribution in [2.75, 3.05) is 5.33 Å². The van der Waals surface area contributed by atoms with Crippen molar-refractivity contribution in [1.82, 2.24) is 0 Å². The molecule has 0 aromatic heterocycles. The van der Waals surface area contributed by atoms with Crippen molar-refractivity contribution in [3.8, 4) is 11.5 Å². The summed E-state index contributed by atoms with van der Waals surface area (Å²) < 4.78 is 0. The first kappa shape index (κ1) is 9.06. The lowest BCUT2D eigenvalue weighted by Crippen LogP contribution is -1.99. The second-order valence-corrected chi connectivity index (χ2v) is 2.82. The molecule has 0 unspecified atom stereocenters. The molecule has 0 radical (unpaired) electrons. The number of hydrogen-bond acceptors (Lipinski definition) is 3. The number of benzene rings is 1. The maximum Gasteiger partial charge on any atom is 0.177 e. The molecule has 0 heterocycles. The third-order valence-corrected chi connectivity index (χ3v) is 1.91. The highest BCUT2D eigenvalue weighted by Gasteiger charge is 2.09. The number of phenolic OH excluding ortho intramolecular Hbond substituents is 2. The fourth-order valence-electron chi connectivity index (χ4n) is 0.819. The first-order valence-electron chi connectivity index (χ1n) is 3.26. The quantitative estimate of drug-likeness (QED) is 0.462. The van der Waals surface area contributed by atoms with Crippen LogP contribution in [-0.2, 0) is 0 Å². The lowest BCUT2D eigenvalue weighted by atomic mass is 10.1. The van der Waals surface area contributed by atoms with E-state index in [1.807, 2.05) is 0 Å². The second kappa shape index (κ2) is 3.58. The van der Waals surface area contributed by atoms with Crippen LogP contribution in [0.15, 0.2) is 18.2 Å². The van der Waals surface area contributed by atoms with E-state index >= 15 is 0 Å². The highest BCUT2D eigenvalue weighted by Crippen LogP contribution is 2.22. The van der Waals surface area contributed by atoms with E-state index in [1.54, 1.807) is 0 Å². The van der Waals surface area contributed by atoms with Gasteiger partial charge < -0.3 is 10.2 Å². The number of rotatable bonds is 2. The van der Waals surface area contributed by atoms with Gasteiger partial charge in [0.15, 0.2) is 5.78 Å². The van der Waals surface area contributed by atoms with Crippen LogP contribution in [-0.4, -0.2) is 21.3 Å². The zero-order chi connectivity index (χ0) is 9.14. The van der Waals surface area contributed by atoms with Crippen molar-refractivity contribution in [2.45, 2.75) is 0 Å². The number of ketones is 1. The minimum absolute atomic E-state index is 0.0305. The minimum atomic E-state index is -0.261. The zero-order valence-electron chi connectivity index (χ0n) is 6.12. The molecule has 64 valence electrons. The highest BCUT2D eigenvalue weighted by atomic mass is 79.9. The lowest BCUT2D eigenvalue weighted by molar-refractivity contribution is 0.102. The molecule has 0 aliphatic rings. The Kier molecular flexibility index (Phi) is 2.70. The number of alkyl halides is 1. The summed E-state index contributed by atoms with van der Waals surface area (Å²) in [4.78, 5) is 11.1. The van der Waals surface area contributed by atoms with Gasteiger partial charge in [-0.3, -0.25) is 4.79 Å². The summed E-state index contributed by atoms with van der Waals surface area (Å²) >= 11 is 2.97. The van der Waals surface area contributed by atoms with Gasteiger partial charge in [-0.2, -0.15) is 0 Å². The average molecular weight is 231 g/mol. The summed E-state index contributed by atoms with van der Waals surface area (Å²) in [5.41, 5.74) is 0.131. The number of Topliss-reactive ketones (excluding diaryl/α,β-unsaturated/α-hetero) is 1. The molecule has 0 fully saturated rings. The van der Waals surface area contributed by atoms with Crippen LogP contribution < -0.4 is 0 Å². The first-order chi connectivity index (χ1) is 5.65. The van der Waals surface area contributed by atoms with Gasteiger partial charge in [-0.15, -0.1) is 0 Å². The van der Waals surface area contributed by atoms with Gasteiger partial charge in [-0.05, 0) is 18.2 Å². The number of aromatic hydroxyl groups is 2. The third kappa shape index (κ3) is 1.76. The topological polar surface area (TPSA) is 57.5 Å². The Balaban J connectivity index is 3.13. The molecule has 0 bridgehead atoms. The highest BCUT2D eigenvalue weighted by molar-refractivity contribution is 9.09. The Bertz CT molecular complexity index is 309. The van der Waals surface area contributed by atoms with Gasteiger partial charge in [0.1, 0.15) is 11.5 Å². The molecule has 2 N–H and O–H groups in total. The normalized spacial score (nSPS) is 9.75. The molecule has 0 aliphatic carbocycles. The smallest absolute Gasteiger partial charge is 0.177 e. The summed E-state index contributed by atoms with van der Waals surface area (Å²) in [6, 6.07) is 3.84. The van der Waals surface area contributed by atoms with Crippen molar-refractivity contribution >= 4 is 21.7 Å². The van der Waals surface area contributed by atoms with Crippen LogP contribution in [0.1, 0.15) is 10.4 Å². The predicted molar refractivity (Wildman–Crippen MR) is 47.9 cm³/mol. The molecule has 3 nitrogen and oxygen atoms in total. The molecule has 1 rings (SSSR count). The van der Waals surface area contributed by atoms with Gasteiger partial charge in [0.05, 0.1) is 10.9 Å². The Morgan fingerprint density at radius 2 is 2.08 bits per heavy atom. The van der Waals surface area contributed by atoms with Crippen LogP contribution in [0, 0.1) is 0 Å². The van der Waals surface area contributed by atoms with E-state index in [4.69, 9.17) is 5.11 Å². The van der Waals surface area contributed by atoms with Crippen LogP contribution in [0.5, 0.6) is 11.5 Å². The molecule has 1 aromatic carbocycles. The average Bonchev–Trinajstić information content (AvgIpc) is 2.08. The zero-order valence-corrected chi connectivity index (χ0v) is 7.71. The maximum atomic E-state index is 11.1. The SMILES string of the molecule is O=C(CBr)c1cc(O)ccc1O. The van der Waals surface area contributed by atoms with Crippen molar-refractivity contribution < 1.29 is 15.0 Å². The van der Waals surface area contributed by atoms with Crippen molar-refractivity contribution in [1.29, 1.82) is 0 Å². The van der Waals surface area contributed by atoms with Gasteiger partial charge in [0.2, 0.25) is 0 Å². The van der Waals surface area contributed by atoms with Gasteiger partial charge in [-0.25, -0.2) is 0 Å². The molecule has 12 heavy (non-hydrogen) atoms. The van der Waals surface area contributed by atoms with E-state index in [1.165, 1.54) is 18.2 Å². The Hall–Kier alpha value is -1.03. The molecule has 0 amide bonds. The summed E-state index contributed by atoms with van der Waals surface area (Å²) in [6.07, 6.45) is 0. The largest absolute Gasteiger partial charge is 0.508 e. The fourth-order valence-corrected chi connectivity index (χ4v) is 1.12. The van der Waals surface area contributed by atoms with Crippen LogP contribution in [0.3, 0.4) is 0 Å². The van der Waals surface area contributed by atoms with E-state index in [0.29, 0.717) is 0 Å². The second-order valence-electron chi connectivity index (χ2n) is 2.26. The van der Waals surface area contributed by atoms with Crippen molar-refractivity contribution in [3.63, 3.8) is 0 Å².